The van der Waals surface area contributed by atoms with Crippen molar-refractivity contribution in [2.45, 2.75) is 19.4 Å². The van der Waals surface area contributed by atoms with Gasteiger partial charge in [0.05, 0.1) is 0 Å². The standard InChI is InChI=1S/C14H17FN2O2/c15-13-2-1-11(14(16)19)7-12(13)8-17-5-3-10(9-18)4-6-17/h1-2,7,9-10H,3-6,8H2,(H2,16,19). The molecule has 0 saturated carbocycles. The van der Waals surface area contributed by atoms with Crippen molar-refractivity contribution in [2.75, 3.05) is 13.1 Å². The van der Waals surface area contributed by atoms with Crippen LogP contribution in [0.15, 0.2) is 18.2 Å². The Kier molecular flexibility index (Phi) is 4.27. The maximum absolute atomic E-state index is 13.7. The molecule has 0 spiro atoms. The number of aldehydes is 1. The Hall–Kier alpha value is -1.75. The zero-order valence-corrected chi connectivity index (χ0v) is 10.6. The molecule has 1 aromatic rings. The maximum Gasteiger partial charge on any atom is 0.248 e. The summed E-state index contributed by atoms with van der Waals surface area (Å²) in [5.41, 5.74) is 5.98. The van der Waals surface area contributed by atoms with Gasteiger partial charge in [0.2, 0.25) is 5.91 Å². The Bertz CT molecular complexity index is 482. The van der Waals surface area contributed by atoms with Gasteiger partial charge < -0.3 is 10.5 Å². The number of hydrogen-bond donors (Lipinski definition) is 1. The van der Waals surface area contributed by atoms with Crippen molar-refractivity contribution >= 4 is 12.2 Å². The van der Waals surface area contributed by atoms with Gasteiger partial charge in [-0.05, 0) is 44.1 Å². The van der Waals surface area contributed by atoms with Crippen LogP contribution in [0.1, 0.15) is 28.8 Å². The quantitative estimate of drug-likeness (QED) is 0.835. The van der Waals surface area contributed by atoms with Gasteiger partial charge in [-0.3, -0.25) is 9.69 Å². The number of amides is 1. The number of halogens is 1. The first kappa shape index (κ1) is 13.7. The van der Waals surface area contributed by atoms with Gasteiger partial charge in [-0.25, -0.2) is 4.39 Å². The van der Waals surface area contributed by atoms with Crippen LogP contribution < -0.4 is 5.73 Å². The molecular weight excluding hydrogens is 247 g/mol. The summed E-state index contributed by atoms with van der Waals surface area (Å²) in [6.45, 7) is 1.98. The Morgan fingerprint density at radius 3 is 2.68 bits per heavy atom. The van der Waals surface area contributed by atoms with E-state index in [9.17, 15) is 14.0 Å². The third kappa shape index (κ3) is 3.38. The van der Waals surface area contributed by atoms with Crippen LogP contribution in [-0.4, -0.2) is 30.2 Å². The van der Waals surface area contributed by atoms with Gasteiger partial charge in [-0.1, -0.05) is 0 Å². The van der Waals surface area contributed by atoms with Crippen molar-refractivity contribution in [1.82, 2.24) is 4.90 Å². The monoisotopic (exact) mass is 264 g/mol. The second-order valence-corrected chi connectivity index (χ2v) is 4.92. The number of likely N-dealkylation sites (tertiary alicyclic amines) is 1. The zero-order chi connectivity index (χ0) is 13.8. The number of piperidine rings is 1. The molecule has 2 rings (SSSR count). The van der Waals surface area contributed by atoms with Crippen molar-refractivity contribution in [1.29, 1.82) is 0 Å². The van der Waals surface area contributed by atoms with Crippen LogP contribution in [0.4, 0.5) is 4.39 Å². The first-order valence-corrected chi connectivity index (χ1v) is 6.36. The predicted octanol–water partition coefficient (Wildman–Crippen LogP) is 1.34. The molecule has 0 aliphatic carbocycles. The van der Waals surface area contributed by atoms with Gasteiger partial charge in [0, 0.05) is 23.6 Å². The number of carbonyl (C=O) groups is 2. The molecule has 5 heteroatoms. The van der Waals surface area contributed by atoms with Crippen LogP contribution in [0, 0.1) is 11.7 Å². The van der Waals surface area contributed by atoms with Crippen LogP contribution >= 0.6 is 0 Å². The SMILES string of the molecule is NC(=O)c1ccc(F)c(CN2CCC(C=O)CC2)c1. The number of rotatable bonds is 4. The molecule has 1 aliphatic heterocycles. The third-order valence-corrected chi connectivity index (χ3v) is 3.55. The van der Waals surface area contributed by atoms with Gasteiger partial charge in [0.25, 0.3) is 0 Å². The van der Waals surface area contributed by atoms with E-state index in [0.29, 0.717) is 17.7 Å². The average molecular weight is 264 g/mol. The van der Waals surface area contributed by atoms with Crippen LogP contribution in [0.5, 0.6) is 0 Å². The molecule has 1 aromatic carbocycles. The number of primary amides is 1. The second-order valence-electron chi connectivity index (χ2n) is 4.92. The Labute approximate surface area is 111 Å². The minimum absolute atomic E-state index is 0.123. The van der Waals surface area contributed by atoms with E-state index >= 15 is 0 Å². The third-order valence-electron chi connectivity index (χ3n) is 3.55. The topological polar surface area (TPSA) is 63.4 Å². The summed E-state index contributed by atoms with van der Waals surface area (Å²) < 4.78 is 13.7. The molecule has 1 saturated heterocycles. The van der Waals surface area contributed by atoms with E-state index in [0.717, 1.165) is 32.2 Å². The summed E-state index contributed by atoms with van der Waals surface area (Å²) in [4.78, 5) is 23.8. The van der Waals surface area contributed by atoms with Crippen LogP contribution in [0.25, 0.3) is 0 Å². The highest BCUT2D eigenvalue weighted by Crippen LogP contribution is 2.19. The highest BCUT2D eigenvalue weighted by molar-refractivity contribution is 5.92. The molecule has 19 heavy (non-hydrogen) atoms. The molecule has 102 valence electrons. The normalized spacial score (nSPS) is 17.3. The highest BCUT2D eigenvalue weighted by Gasteiger charge is 2.19. The van der Waals surface area contributed by atoms with Gasteiger partial charge >= 0.3 is 0 Å². The van der Waals surface area contributed by atoms with Gasteiger partial charge in [-0.2, -0.15) is 0 Å². The molecule has 0 unspecified atom stereocenters. The summed E-state index contributed by atoms with van der Waals surface area (Å²) in [6, 6.07) is 4.16. The Balaban J connectivity index is 2.05. The van der Waals surface area contributed by atoms with E-state index in [4.69, 9.17) is 5.73 Å². The second kappa shape index (κ2) is 5.93. The number of nitrogens with zero attached hydrogens (tertiary/aromatic N) is 1. The minimum atomic E-state index is -0.555. The zero-order valence-electron chi connectivity index (χ0n) is 10.6. The average Bonchev–Trinajstić information content (AvgIpc) is 2.42. The van der Waals surface area contributed by atoms with E-state index < -0.39 is 5.91 Å². The number of benzene rings is 1. The smallest absolute Gasteiger partial charge is 0.248 e. The summed E-state index contributed by atoms with van der Waals surface area (Å²) in [7, 11) is 0. The van der Waals surface area contributed by atoms with Crippen molar-refractivity contribution in [3.05, 3.63) is 35.1 Å². The molecule has 1 aliphatic rings. The lowest BCUT2D eigenvalue weighted by molar-refractivity contribution is -0.112. The molecule has 1 heterocycles. The van der Waals surface area contributed by atoms with Crippen molar-refractivity contribution in [3.8, 4) is 0 Å². The van der Waals surface area contributed by atoms with Crippen LogP contribution in [0.2, 0.25) is 0 Å². The molecule has 0 radical (unpaired) electrons. The van der Waals surface area contributed by atoms with Gasteiger partial charge in [-0.15, -0.1) is 0 Å². The lowest BCUT2D eigenvalue weighted by Gasteiger charge is -2.29. The van der Waals surface area contributed by atoms with E-state index in [2.05, 4.69) is 4.90 Å². The fourth-order valence-electron chi connectivity index (χ4n) is 2.34. The number of hydrogen-bond acceptors (Lipinski definition) is 3. The molecule has 2 N–H and O–H groups in total. The van der Waals surface area contributed by atoms with Crippen molar-refractivity contribution in [2.24, 2.45) is 11.7 Å². The largest absolute Gasteiger partial charge is 0.366 e. The summed E-state index contributed by atoms with van der Waals surface area (Å²) in [5, 5.41) is 0. The van der Waals surface area contributed by atoms with E-state index in [1.54, 1.807) is 0 Å². The number of nitrogens with two attached hydrogens (primary N) is 1. The van der Waals surface area contributed by atoms with E-state index in [1.165, 1.54) is 18.2 Å². The van der Waals surface area contributed by atoms with E-state index in [-0.39, 0.29) is 11.7 Å². The molecule has 0 aromatic heterocycles. The highest BCUT2D eigenvalue weighted by atomic mass is 19.1. The maximum atomic E-state index is 13.7. The summed E-state index contributed by atoms with van der Waals surface area (Å²) in [6.07, 6.45) is 2.60. The lowest BCUT2D eigenvalue weighted by Crippen LogP contribution is -2.34. The first-order chi connectivity index (χ1) is 9.10. The lowest BCUT2D eigenvalue weighted by atomic mass is 9.98. The molecule has 1 amide bonds. The Morgan fingerprint density at radius 2 is 2.11 bits per heavy atom. The molecule has 0 atom stereocenters. The predicted molar refractivity (Wildman–Crippen MR) is 69.0 cm³/mol. The molecular formula is C14H17FN2O2. The first-order valence-electron chi connectivity index (χ1n) is 6.36. The molecule has 4 nitrogen and oxygen atoms in total. The van der Waals surface area contributed by atoms with Crippen molar-refractivity contribution < 1.29 is 14.0 Å². The minimum Gasteiger partial charge on any atom is -0.366 e. The number of carbonyl (C=O) groups excluding carboxylic acids is 2. The Morgan fingerprint density at radius 1 is 1.42 bits per heavy atom. The summed E-state index contributed by atoms with van der Waals surface area (Å²) >= 11 is 0. The van der Waals surface area contributed by atoms with E-state index in [1.807, 2.05) is 0 Å². The van der Waals surface area contributed by atoms with Gasteiger partial charge in [0.1, 0.15) is 12.1 Å². The van der Waals surface area contributed by atoms with Gasteiger partial charge in [0.15, 0.2) is 0 Å². The van der Waals surface area contributed by atoms with Crippen molar-refractivity contribution in [3.63, 3.8) is 0 Å². The summed E-state index contributed by atoms with van der Waals surface area (Å²) in [5.74, 6) is -0.763. The van der Waals surface area contributed by atoms with Crippen LogP contribution in [0.3, 0.4) is 0 Å². The molecule has 1 fully saturated rings. The fraction of sp³-hybridized carbons (Fsp3) is 0.429. The van der Waals surface area contributed by atoms with Crippen LogP contribution in [-0.2, 0) is 11.3 Å². The molecule has 0 bridgehead atoms. The fourth-order valence-corrected chi connectivity index (χ4v) is 2.34.